The molecule has 8 heteroatoms. The molecule has 0 saturated carbocycles. The highest BCUT2D eigenvalue weighted by molar-refractivity contribution is 14.0. The molecule has 0 aliphatic heterocycles. The fourth-order valence-corrected chi connectivity index (χ4v) is 3.05. The second-order valence-corrected chi connectivity index (χ2v) is 6.99. The van der Waals surface area contributed by atoms with Gasteiger partial charge in [0.1, 0.15) is 5.01 Å². The van der Waals surface area contributed by atoms with Gasteiger partial charge in [-0.15, -0.1) is 35.3 Å². The molecule has 2 aromatic heterocycles. The molecule has 150 valence electrons. The summed E-state index contributed by atoms with van der Waals surface area (Å²) in [6.07, 6.45) is 6.85. The number of ether oxygens (including phenoxy) is 1. The zero-order valence-electron chi connectivity index (χ0n) is 16.3. The monoisotopic (exact) mass is 503 g/mol. The molecule has 2 N–H and O–H groups in total. The Morgan fingerprint density at radius 1 is 1.22 bits per heavy atom. The third kappa shape index (κ3) is 8.42. The summed E-state index contributed by atoms with van der Waals surface area (Å²) in [4.78, 5) is 14.7. The van der Waals surface area contributed by atoms with Crippen molar-refractivity contribution in [1.29, 1.82) is 0 Å². The van der Waals surface area contributed by atoms with Gasteiger partial charge in [-0.1, -0.05) is 26.3 Å². The van der Waals surface area contributed by atoms with Gasteiger partial charge in [0.2, 0.25) is 5.88 Å². The van der Waals surface area contributed by atoms with Crippen LogP contribution in [-0.2, 0) is 19.5 Å². The highest BCUT2D eigenvalue weighted by Crippen LogP contribution is 2.16. The number of nitrogens with zero attached hydrogens (tertiary/aromatic N) is 3. The average molecular weight is 503 g/mol. The van der Waals surface area contributed by atoms with Crippen LogP contribution in [0.15, 0.2) is 29.5 Å². The maximum atomic E-state index is 5.78. The van der Waals surface area contributed by atoms with Gasteiger partial charge in [0.15, 0.2) is 5.96 Å². The van der Waals surface area contributed by atoms with Crippen LogP contribution < -0.4 is 15.4 Å². The van der Waals surface area contributed by atoms with Crippen molar-refractivity contribution in [1.82, 2.24) is 20.6 Å². The Morgan fingerprint density at radius 3 is 2.78 bits per heavy atom. The molecule has 2 rings (SSSR count). The summed E-state index contributed by atoms with van der Waals surface area (Å²) in [5, 5.41) is 7.68. The topological polar surface area (TPSA) is 71.4 Å². The smallest absolute Gasteiger partial charge is 0.218 e. The Labute approximate surface area is 183 Å². The molecule has 0 aliphatic rings. The lowest BCUT2D eigenvalue weighted by Crippen LogP contribution is -2.36. The second kappa shape index (κ2) is 13.7. The summed E-state index contributed by atoms with van der Waals surface area (Å²) in [7, 11) is 0. The fourth-order valence-electron chi connectivity index (χ4n) is 2.25. The fraction of sp³-hybridized carbons (Fsp3) is 0.526. The molecular weight excluding hydrogens is 473 g/mol. The van der Waals surface area contributed by atoms with Gasteiger partial charge in [0, 0.05) is 29.4 Å². The lowest BCUT2D eigenvalue weighted by molar-refractivity contribution is 0.294. The first kappa shape index (κ1) is 23.6. The normalized spacial score (nSPS) is 11.0. The van der Waals surface area contributed by atoms with E-state index in [0.717, 1.165) is 42.3 Å². The molecule has 27 heavy (non-hydrogen) atoms. The van der Waals surface area contributed by atoms with Gasteiger partial charge in [-0.3, -0.25) is 0 Å². The number of hydrogen-bond acceptors (Lipinski definition) is 5. The molecule has 0 saturated heterocycles. The van der Waals surface area contributed by atoms with Crippen LogP contribution >= 0.6 is 35.3 Å². The van der Waals surface area contributed by atoms with Gasteiger partial charge in [-0.25, -0.2) is 15.0 Å². The summed E-state index contributed by atoms with van der Waals surface area (Å²) in [6.45, 7) is 9.02. The SMILES string of the molecule is CCCCOc1ncccc1CN=C(NCC)NCc1ncc(CC)s1.I. The molecule has 0 fully saturated rings. The predicted octanol–water partition coefficient (Wildman–Crippen LogP) is 4.15. The zero-order chi connectivity index (χ0) is 18.6. The summed E-state index contributed by atoms with van der Waals surface area (Å²) in [6, 6.07) is 3.93. The molecule has 0 aromatic carbocycles. The maximum Gasteiger partial charge on any atom is 0.218 e. The first-order valence-electron chi connectivity index (χ1n) is 9.29. The Bertz CT molecular complexity index is 692. The number of aryl methyl sites for hydroxylation is 1. The molecule has 0 bridgehead atoms. The largest absolute Gasteiger partial charge is 0.477 e. The summed E-state index contributed by atoms with van der Waals surface area (Å²) >= 11 is 1.73. The molecule has 0 unspecified atom stereocenters. The van der Waals surface area contributed by atoms with E-state index in [9.17, 15) is 0 Å². The van der Waals surface area contributed by atoms with Gasteiger partial charge in [-0.2, -0.15) is 0 Å². The van der Waals surface area contributed by atoms with Crippen LogP contribution in [0.3, 0.4) is 0 Å². The molecule has 0 atom stereocenters. The van der Waals surface area contributed by atoms with E-state index >= 15 is 0 Å². The van der Waals surface area contributed by atoms with Gasteiger partial charge >= 0.3 is 0 Å². The number of thiazole rings is 1. The average Bonchev–Trinajstić information content (AvgIpc) is 3.13. The van der Waals surface area contributed by atoms with Crippen LogP contribution in [0.4, 0.5) is 0 Å². The van der Waals surface area contributed by atoms with Crippen molar-refractivity contribution in [2.75, 3.05) is 13.2 Å². The zero-order valence-corrected chi connectivity index (χ0v) is 19.5. The number of nitrogens with one attached hydrogen (secondary N) is 2. The van der Waals surface area contributed by atoms with Gasteiger partial charge in [-0.05, 0) is 25.8 Å². The van der Waals surface area contributed by atoms with Crippen LogP contribution in [0.5, 0.6) is 5.88 Å². The third-order valence-electron chi connectivity index (χ3n) is 3.70. The molecule has 0 radical (unpaired) electrons. The van der Waals surface area contributed by atoms with Gasteiger partial charge in [0.25, 0.3) is 0 Å². The first-order chi connectivity index (χ1) is 12.8. The molecule has 0 spiro atoms. The number of guanidine groups is 1. The summed E-state index contributed by atoms with van der Waals surface area (Å²) in [5.41, 5.74) is 0.989. The van der Waals surface area contributed by atoms with E-state index in [-0.39, 0.29) is 24.0 Å². The number of aliphatic imine (C=N–C) groups is 1. The molecule has 2 aromatic rings. The lowest BCUT2D eigenvalue weighted by Gasteiger charge is -2.11. The highest BCUT2D eigenvalue weighted by Gasteiger charge is 2.06. The molecule has 2 heterocycles. The number of aromatic nitrogens is 2. The lowest BCUT2D eigenvalue weighted by atomic mass is 10.3. The van der Waals surface area contributed by atoms with Crippen LogP contribution in [0.2, 0.25) is 0 Å². The number of pyridine rings is 1. The highest BCUT2D eigenvalue weighted by atomic mass is 127. The number of hydrogen-bond donors (Lipinski definition) is 2. The number of halogens is 1. The van der Waals surface area contributed by atoms with Crippen LogP contribution in [0.25, 0.3) is 0 Å². The van der Waals surface area contributed by atoms with Crippen LogP contribution in [0.1, 0.15) is 49.1 Å². The standard InChI is InChI=1S/C19H29N5OS.HI/c1-4-7-11-25-18-15(9-8-10-21-18)12-23-19(20-6-3)24-14-17-22-13-16(5-2)26-17;/h8-10,13H,4-7,11-12,14H2,1-3H3,(H2,20,23,24);1H. The van der Waals surface area contributed by atoms with E-state index in [0.29, 0.717) is 25.6 Å². The van der Waals surface area contributed by atoms with Gasteiger partial charge < -0.3 is 15.4 Å². The van der Waals surface area contributed by atoms with Crippen molar-refractivity contribution in [3.8, 4) is 5.88 Å². The Hall–Kier alpha value is -1.42. The second-order valence-electron chi connectivity index (χ2n) is 5.79. The van der Waals surface area contributed by atoms with Crippen LogP contribution in [0, 0.1) is 0 Å². The van der Waals surface area contributed by atoms with E-state index in [1.165, 1.54) is 4.88 Å². The third-order valence-corrected chi connectivity index (χ3v) is 4.84. The summed E-state index contributed by atoms with van der Waals surface area (Å²) in [5.74, 6) is 1.44. The molecule has 6 nitrogen and oxygen atoms in total. The van der Waals surface area contributed by atoms with E-state index < -0.39 is 0 Å². The summed E-state index contributed by atoms with van der Waals surface area (Å²) < 4.78 is 5.78. The molecule has 0 aliphatic carbocycles. The van der Waals surface area contributed by atoms with Crippen molar-refractivity contribution in [3.63, 3.8) is 0 Å². The minimum absolute atomic E-state index is 0. The number of unbranched alkanes of at least 4 members (excludes halogenated alkanes) is 1. The van der Waals surface area contributed by atoms with Crippen molar-refractivity contribution >= 4 is 41.3 Å². The number of rotatable bonds is 10. The van der Waals surface area contributed by atoms with E-state index in [2.05, 4.69) is 46.4 Å². The van der Waals surface area contributed by atoms with Crippen molar-refractivity contribution in [3.05, 3.63) is 40.0 Å². The Morgan fingerprint density at radius 2 is 2.07 bits per heavy atom. The van der Waals surface area contributed by atoms with Gasteiger partial charge in [0.05, 0.1) is 19.7 Å². The van der Waals surface area contributed by atoms with E-state index in [1.54, 1.807) is 17.5 Å². The quantitative estimate of drug-likeness (QED) is 0.221. The molecule has 0 amide bonds. The van der Waals surface area contributed by atoms with Crippen LogP contribution in [-0.4, -0.2) is 29.1 Å². The van der Waals surface area contributed by atoms with Crippen molar-refractivity contribution in [2.45, 2.75) is 53.1 Å². The van der Waals surface area contributed by atoms with E-state index in [1.807, 2.05) is 18.3 Å². The predicted molar refractivity (Wildman–Crippen MR) is 123 cm³/mol. The minimum Gasteiger partial charge on any atom is -0.477 e. The minimum atomic E-state index is 0. The first-order valence-corrected chi connectivity index (χ1v) is 10.1. The Kier molecular flexibility index (Phi) is 12.0. The molecular formula is C19H30IN5OS. The maximum absolute atomic E-state index is 5.78. The van der Waals surface area contributed by atoms with E-state index in [4.69, 9.17) is 4.74 Å². The van der Waals surface area contributed by atoms with Crippen molar-refractivity contribution in [2.24, 2.45) is 4.99 Å². The van der Waals surface area contributed by atoms with Crippen molar-refractivity contribution < 1.29 is 4.74 Å². The Balaban J connectivity index is 0.00000364.